The van der Waals surface area contributed by atoms with Crippen LogP contribution in [0.25, 0.3) is 11.5 Å². The number of hydrogen-bond donors (Lipinski definition) is 1. The van der Waals surface area contributed by atoms with Crippen LogP contribution in [-0.2, 0) is 10.0 Å². The molecule has 152 valence electrons. The van der Waals surface area contributed by atoms with E-state index in [0.29, 0.717) is 36.4 Å². The molecule has 0 saturated carbocycles. The SMILES string of the molecule is CC1CCN(S(=O)(=O)c2ccc(-c3nnc(C(S)c4cccnc4)o3)cc2)CC1. The average molecular weight is 431 g/mol. The molecule has 0 spiro atoms. The predicted molar refractivity (Wildman–Crippen MR) is 112 cm³/mol. The van der Waals surface area contributed by atoms with E-state index in [0.717, 1.165) is 18.4 Å². The number of piperidine rings is 1. The van der Waals surface area contributed by atoms with E-state index in [1.165, 1.54) is 0 Å². The molecule has 1 unspecified atom stereocenters. The highest BCUT2D eigenvalue weighted by Gasteiger charge is 2.28. The molecule has 29 heavy (non-hydrogen) atoms. The van der Waals surface area contributed by atoms with Crippen molar-refractivity contribution < 1.29 is 12.8 Å². The van der Waals surface area contributed by atoms with Crippen molar-refractivity contribution in [1.29, 1.82) is 0 Å². The molecular formula is C20H22N4O3S2. The summed E-state index contributed by atoms with van der Waals surface area (Å²) in [6.45, 7) is 3.28. The maximum atomic E-state index is 12.9. The monoisotopic (exact) mass is 430 g/mol. The molecule has 3 heterocycles. The van der Waals surface area contributed by atoms with Gasteiger partial charge in [0.15, 0.2) is 0 Å². The van der Waals surface area contributed by atoms with E-state index in [-0.39, 0.29) is 10.1 Å². The summed E-state index contributed by atoms with van der Waals surface area (Å²) in [5.74, 6) is 1.24. The highest BCUT2D eigenvalue weighted by atomic mass is 32.2. The van der Waals surface area contributed by atoms with Crippen LogP contribution < -0.4 is 0 Å². The molecule has 3 aromatic rings. The third kappa shape index (κ3) is 4.22. The number of aromatic nitrogens is 3. The maximum Gasteiger partial charge on any atom is 0.247 e. The van der Waals surface area contributed by atoms with Crippen molar-refractivity contribution in [2.45, 2.75) is 29.9 Å². The number of thiol groups is 1. The van der Waals surface area contributed by atoms with Crippen LogP contribution in [0.1, 0.15) is 36.5 Å². The maximum absolute atomic E-state index is 12.9. The first-order valence-electron chi connectivity index (χ1n) is 9.47. The third-order valence-electron chi connectivity index (χ3n) is 5.16. The Labute approximate surface area is 175 Å². The normalized spacial score (nSPS) is 17.3. The first kappa shape index (κ1) is 20.1. The lowest BCUT2D eigenvalue weighted by Gasteiger charge is -2.29. The molecule has 0 aliphatic carbocycles. The lowest BCUT2D eigenvalue weighted by molar-refractivity contribution is 0.288. The molecule has 1 aliphatic heterocycles. The van der Waals surface area contributed by atoms with Crippen LogP contribution in [0.5, 0.6) is 0 Å². The van der Waals surface area contributed by atoms with E-state index >= 15 is 0 Å². The standard InChI is InChI=1S/C20H22N4O3S2/c1-14-8-11-24(12-9-14)29(25,26)17-6-4-15(5-7-17)19-22-23-20(27-19)18(28)16-3-2-10-21-13-16/h2-7,10,13-14,18,28H,8-9,11-12H2,1H3. The van der Waals surface area contributed by atoms with Gasteiger partial charge >= 0.3 is 0 Å². The smallest absolute Gasteiger partial charge is 0.247 e. The van der Waals surface area contributed by atoms with Gasteiger partial charge in [-0.1, -0.05) is 13.0 Å². The summed E-state index contributed by atoms with van der Waals surface area (Å²) in [5, 5.41) is 7.77. The van der Waals surface area contributed by atoms with E-state index in [1.54, 1.807) is 41.0 Å². The number of rotatable bonds is 5. The third-order valence-corrected chi connectivity index (χ3v) is 7.59. The van der Waals surface area contributed by atoms with Crippen molar-refractivity contribution in [3.63, 3.8) is 0 Å². The van der Waals surface area contributed by atoms with Gasteiger partial charge in [-0.3, -0.25) is 4.98 Å². The Morgan fingerprint density at radius 3 is 2.52 bits per heavy atom. The molecule has 1 saturated heterocycles. The molecule has 4 rings (SSSR count). The van der Waals surface area contributed by atoms with Crippen molar-refractivity contribution in [2.24, 2.45) is 5.92 Å². The zero-order chi connectivity index (χ0) is 20.4. The summed E-state index contributed by atoms with van der Waals surface area (Å²) in [5.41, 5.74) is 1.50. The molecular weight excluding hydrogens is 408 g/mol. The van der Waals surface area contributed by atoms with Gasteiger partial charge in [-0.05, 0) is 54.7 Å². The Morgan fingerprint density at radius 2 is 1.86 bits per heavy atom. The summed E-state index contributed by atoms with van der Waals surface area (Å²) >= 11 is 4.53. The fourth-order valence-corrected chi connectivity index (χ4v) is 5.01. The fraction of sp³-hybridized carbons (Fsp3) is 0.350. The summed E-state index contributed by atoms with van der Waals surface area (Å²) in [4.78, 5) is 4.35. The van der Waals surface area contributed by atoms with E-state index in [4.69, 9.17) is 4.42 Å². The number of sulfonamides is 1. The molecule has 9 heteroatoms. The van der Waals surface area contributed by atoms with Gasteiger partial charge in [0.2, 0.25) is 21.8 Å². The second kappa shape index (κ2) is 8.25. The second-order valence-electron chi connectivity index (χ2n) is 7.25. The van der Waals surface area contributed by atoms with Gasteiger partial charge in [-0.25, -0.2) is 8.42 Å². The molecule has 1 aliphatic rings. The summed E-state index contributed by atoms with van der Waals surface area (Å²) in [6, 6.07) is 10.3. The average Bonchev–Trinajstić information content (AvgIpc) is 3.24. The first-order chi connectivity index (χ1) is 13.9. The quantitative estimate of drug-likeness (QED) is 0.623. The molecule has 0 radical (unpaired) electrons. The minimum atomic E-state index is -3.48. The molecule has 0 N–H and O–H groups in total. The van der Waals surface area contributed by atoms with Gasteiger partial charge in [0.25, 0.3) is 0 Å². The van der Waals surface area contributed by atoms with Gasteiger partial charge in [0.05, 0.1) is 4.90 Å². The van der Waals surface area contributed by atoms with Crippen LogP contribution in [0.3, 0.4) is 0 Å². The van der Waals surface area contributed by atoms with Crippen molar-refractivity contribution in [2.75, 3.05) is 13.1 Å². The lowest BCUT2D eigenvalue weighted by atomic mass is 10.0. The minimum Gasteiger partial charge on any atom is -0.419 e. The van der Waals surface area contributed by atoms with E-state index in [1.807, 2.05) is 12.1 Å². The van der Waals surface area contributed by atoms with Gasteiger partial charge in [0.1, 0.15) is 5.25 Å². The Morgan fingerprint density at radius 1 is 1.14 bits per heavy atom. The van der Waals surface area contributed by atoms with Crippen LogP contribution in [0.15, 0.2) is 58.1 Å². The van der Waals surface area contributed by atoms with Gasteiger partial charge < -0.3 is 4.42 Å². The Bertz CT molecular complexity index is 1060. The van der Waals surface area contributed by atoms with Crippen molar-refractivity contribution in [1.82, 2.24) is 19.5 Å². The predicted octanol–water partition coefficient (Wildman–Crippen LogP) is 3.57. The molecule has 1 fully saturated rings. The fourth-order valence-electron chi connectivity index (χ4n) is 3.29. The van der Waals surface area contributed by atoms with E-state index < -0.39 is 10.0 Å². The van der Waals surface area contributed by atoms with Crippen LogP contribution >= 0.6 is 12.6 Å². The van der Waals surface area contributed by atoms with Gasteiger partial charge in [-0.15, -0.1) is 10.2 Å². The molecule has 1 atom stereocenters. The highest BCUT2D eigenvalue weighted by Crippen LogP contribution is 2.30. The zero-order valence-electron chi connectivity index (χ0n) is 16.0. The molecule has 0 bridgehead atoms. The molecule has 2 aromatic heterocycles. The number of hydrogen-bond acceptors (Lipinski definition) is 7. The topological polar surface area (TPSA) is 89.2 Å². The summed E-state index contributed by atoms with van der Waals surface area (Å²) in [6.07, 6.45) is 5.17. The molecule has 0 amide bonds. The molecule has 1 aromatic carbocycles. The Balaban J connectivity index is 1.52. The summed E-state index contributed by atoms with van der Waals surface area (Å²) in [7, 11) is -3.48. The van der Waals surface area contributed by atoms with Gasteiger partial charge in [-0.2, -0.15) is 16.9 Å². The number of pyridine rings is 1. The first-order valence-corrected chi connectivity index (χ1v) is 11.4. The summed E-state index contributed by atoms with van der Waals surface area (Å²) < 4.78 is 33.0. The van der Waals surface area contributed by atoms with Crippen LogP contribution in [0, 0.1) is 5.92 Å². The Hall–Kier alpha value is -2.23. The second-order valence-corrected chi connectivity index (χ2v) is 9.70. The van der Waals surface area contributed by atoms with Crippen molar-refractivity contribution >= 4 is 22.7 Å². The van der Waals surface area contributed by atoms with Crippen LogP contribution in [0.4, 0.5) is 0 Å². The van der Waals surface area contributed by atoms with Crippen molar-refractivity contribution in [3.8, 4) is 11.5 Å². The lowest BCUT2D eigenvalue weighted by Crippen LogP contribution is -2.37. The molecule has 7 nitrogen and oxygen atoms in total. The van der Waals surface area contributed by atoms with E-state index in [2.05, 4.69) is 34.7 Å². The van der Waals surface area contributed by atoms with Crippen LogP contribution in [-0.4, -0.2) is 41.0 Å². The largest absolute Gasteiger partial charge is 0.419 e. The zero-order valence-corrected chi connectivity index (χ0v) is 17.7. The highest BCUT2D eigenvalue weighted by molar-refractivity contribution is 7.89. The van der Waals surface area contributed by atoms with E-state index in [9.17, 15) is 8.42 Å². The Kier molecular flexibility index (Phi) is 5.71. The van der Waals surface area contributed by atoms with Gasteiger partial charge in [0, 0.05) is 31.0 Å². The number of benzene rings is 1. The minimum absolute atomic E-state index is 0.276. The number of nitrogens with zero attached hydrogens (tertiary/aromatic N) is 4. The van der Waals surface area contributed by atoms with Crippen LogP contribution in [0.2, 0.25) is 0 Å². The van der Waals surface area contributed by atoms with Crippen molar-refractivity contribution in [3.05, 3.63) is 60.2 Å².